The Balaban J connectivity index is 1.63. The summed E-state index contributed by atoms with van der Waals surface area (Å²) in [5, 5.41) is 0. The second-order valence-electron chi connectivity index (χ2n) is 6.88. The van der Waals surface area contributed by atoms with Crippen LogP contribution in [0.5, 0.6) is 0 Å². The molecule has 0 aromatic heterocycles. The molecule has 0 N–H and O–H groups in total. The van der Waals surface area contributed by atoms with Gasteiger partial charge in [-0.05, 0) is 37.2 Å². The molecule has 2 fully saturated rings. The Labute approximate surface area is 116 Å². The van der Waals surface area contributed by atoms with Gasteiger partial charge in [0.05, 0.1) is 18.8 Å². The molecular weight excluding hydrogens is 236 g/mol. The number of rotatable bonds is 4. The van der Waals surface area contributed by atoms with E-state index in [0.29, 0.717) is 13.2 Å². The lowest BCUT2D eigenvalue weighted by molar-refractivity contribution is 0.00624. The highest BCUT2D eigenvalue weighted by Gasteiger charge is 2.74. The minimum atomic E-state index is -0.0625. The maximum absolute atomic E-state index is 6.18. The highest BCUT2D eigenvalue weighted by molar-refractivity contribution is 5.22. The molecule has 1 saturated carbocycles. The van der Waals surface area contributed by atoms with Crippen LogP contribution in [0.15, 0.2) is 30.3 Å². The zero-order valence-corrected chi connectivity index (χ0v) is 12.2. The molecule has 2 nitrogen and oxygen atoms in total. The van der Waals surface area contributed by atoms with Crippen molar-refractivity contribution in [1.82, 2.24) is 0 Å². The number of fused-ring (bicyclic) bond motifs is 1. The molecule has 19 heavy (non-hydrogen) atoms. The van der Waals surface area contributed by atoms with Crippen LogP contribution < -0.4 is 0 Å². The minimum Gasteiger partial charge on any atom is -0.374 e. The summed E-state index contributed by atoms with van der Waals surface area (Å²) in [4.78, 5) is 0. The zero-order chi connectivity index (χ0) is 13.6. The largest absolute Gasteiger partial charge is 0.374 e. The van der Waals surface area contributed by atoms with Gasteiger partial charge in [0.15, 0.2) is 0 Å². The summed E-state index contributed by atoms with van der Waals surface area (Å²) in [5.41, 5.74) is 1.43. The van der Waals surface area contributed by atoms with Gasteiger partial charge in [-0.3, -0.25) is 0 Å². The van der Waals surface area contributed by atoms with Crippen LogP contribution in [0, 0.1) is 5.41 Å². The van der Waals surface area contributed by atoms with E-state index in [4.69, 9.17) is 9.47 Å². The van der Waals surface area contributed by atoms with Crippen LogP contribution in [-0.2, 0) is 16.1 Å². The van der Waals surface area contributed by atoms with Crippen molar-refractivity contribution in [3.63, 3.8) is 0 Å². The van der Waals surface area contributed by atoms with Crippen molar-refractivity contribution in [1.29, 1.82) is 0 Å². The normalized spacial score (nSPS) is 35.7. The molecule has 1 saturated heterocycles. The van der Waals surface area contributed by atoms with Crippen LogP contribution >= 0.6 is 0 Å². The van der Waals surface area contributed by atoms with Crippen molar-refractivity contribution in [2.45, 2.75) is 57.8 Å². The van der Waals surface area contributed by atoms with E-state index in [-0.39, 0.29) is 16.6 Å². The van der Waals surface area contributed by atoms with E-state index >= 15 is 0 Å². The molecule has 1 heterocycles. The second kappa shape index (κ2) is 4.32. The fourth-order valence-electron chi connectivity index (χ4n) is 3.80. The number of ether oxygens (including phenoxy) is 2. The molecule has 1 aliphatic heterocycles. The van der Waals surface area contributed by atoms with Crippen LogP contribution in [0.25, 0.3) is 0 Å². The van der Waals surface area contributed by atoms with Crippen LogP contribution in [0.4, 0.5) is 0 Å². The molecule has 0 amide bonds. The van der Waals surface area contributed by atoms with E-state index in [1.165, 1.54) is 24.8 Å². The van der Waals surface area contributed by atoms with Gasteiger partial charge >= 0.3 is 0 Å². The van der Waals surface area contributed by atoms with Gasteiger partial charge in [0, 0.05) is 0 Å². The van der Waals surface area contributed by atoms with Gasteiger partial charge in [0.1, 0.15) is 5.60 Å². The molecule has 0 unspecified atom stereocenters. The van der Waals surface area contributed by atoms with Gasteiger partial charge < -0.3 is 9.47 Å². The van der Waals surface area contributed by atoms with Gasteiger partial charge in [0.2, 0.25) is 0 Å². The molecule has 1 aliphatic carbocycles. The first-order valence-electron chi connectivity index (χ1n) is 7.31. The summed E-state index contributed by atoms with van der Waals surface area (Å²) in [6.07, 6.45) is 3.67. The lowest BCUT2D eigenvalue weighted by atomic mass is 9.64. The van der Waals surface area contributed by atoms with Gasteiger partial charge in [-0.25, -0.2) is 0 Å². The van der Waals surface area contributed by atoms with Crippen molar-refractivity contribution in [3.8, 4) is 0 Å². The standard InChI is InChI=1S/C17H24O2/c1-15(2)10-7-11-16(3)17(15,19-16)13-18-12-14-8-5-4-6-9-14/h4-6,8-9H,7,10-13H2,1-3H3/t16-,17+/m0/s1. The van der Waals surface area contributed by atoms with E-state index in [9.17, 15) is 0 Å². The maximum Gasteiger partial charge on any atom is 0.126 e. The van der Waals surface area contributed by atoms with Crippen molar-refractivity contribution in [3.05, 3.63) is 35.9 Å². The molecule has 1 aromatic carbocycles. The lowest BCUT2D eigenvalue weighted by Gasteiger charge is -2.38. The van der Waals surface area contributed by atoms with Crippen LogP contribution in [0.3, 0.4) is 0 Å². The van der Waals surface area contributed by atoms with Gasteiger partial charge in [-0.2, -0.15) is 0 Å². The Hall–Kier alpha value is -0.860. The highest BCUT2D eigenvalue weighted by atomic mass is 16.7. The van der Waals surface area contributed by atoms with E-state index < -0.39 is 0 Å². The van der Waals surface area contributed by atoms with Gasteiger partial charge in [-0.1, -0.05) is 44.2 Å². The van der Waals surface area contributed by atoms with E-state index in [0.717, 1.165) is 0 Å². The zero-order valence-electron chi connectivity index (χ0n) is 12.2. The highest BCUT2D eigenvalue weighted by Crippen LogP contribution is 2.65. The van der Waals surface area contributed by atoms with Crippen molar-refractivity contribution < 1.29 is 9.47 Å². The number of epoxide rings is 1. The molecule has 0 spiro atoms. The van der Waals surface area contributed by atoms with E-state index in [1.54, 1.807) is 0 Å². The molecule has 104 valence electrons. The average Bonchev–Trinajstić information content (AvgIpc) is 2.99. The first-order valence-corrected chi connectivity index (χ1v) is 7.31. The number of benzene rings is 1. The Morgan fingerprint density at radius 1 is 1.11 bits per heavy atom. The second-order valence-corrected chi connectivity index (χ2v) is 6.88. The Kier molecular flexibility index (Phi) is 2.99. The topological polar surface area (TPSA) is 21.8 Å². The summed E-state index contributed by atoms with van der Waals surface area (Å²) < 4.78 is 12.2. The molecule has 2 atom stereocenters. The third-order valence-corrected chi connectivity index (χ3v) is 5.18. The first kappa shape index (κ1) is 13.1. The number of hydrogen-bond donors (Lipinski definition) is 0. The SMILES string of the molecule is CC1(C)CCC[C@]2(C)O[C@]12COCc1ccccc1. The minimum absolute atomic E-state index is 0.0471. The predicted molar refractivity (Wildman–Crippen MR) is 76.0 cm³/mol. The maximum atomic E-state index is 6.18. The van der Waals surface area contributed by atoms with Crippen molar-refractivity contribution in [2.75, 3.05) is 6.61 Å². The van der Waals surface area contributed by atoms with Crippen molar-refractivity contribution in [2.24, 2.45) is 5.41 Å². The number of hydrogen-bond acceptors (Lipinski definition) is 2. The summed E-state index contributed by atoms with van der Waals surface area (Å²) in [5.74, 6) is 0. The predicted octanol–water partition coefficient (Wildman–Crippen LogP) is 3.94. The van der Waals surface area contributed by atoms with Gasteiger partial charge in [-0.15, -0.1) is 0 Å². The summed E-state index contributed by atoms with van der Waals surface area (Å²) in [6.45, 7) is 8.29. The fourth-order valence-corrected chi connectivity index (χ4v) is 3.80. The fraction of sp³-hybridized carbons (Fsp3) is 0.647. The quantitative estimate of drug-likeness (QED) is 0.765. The third kappa shape index (κ3) is 2.02. The monoisotopic (exact) mass is 260 g/mol. The average molecular weight is 260 g/mol. The molecule has 1 aromatic rings. The van der Waals surface area contributed by atoms with Crippen molar-refractivity contribution >= 4 is 0 Å². The van der Waals surface area contributed by atoms with E-state index in [2.05, 4.69) is 45.0 Å². The molecule has 0 bridgehead atoms. The Morgan fingerprint density at radius 3 is 2.53 bits per heavy atom. The Bertz CT molecular complexity index is 454. The lowest BCUT2D eigenvalue weighted by Crippen LogP contribution is -2.45. The molecule has 3 rings (SSSR count). The molecule has 0 radical (unpaired) electrons. The third-order valence-electron chi connectivity index (χ3n) is 5.18. The van der Waals surface area contributed by atoms with Crippen LogP contribution in [-0.4, -0.2) is 17.8 Å². The molecule has 2 heteroatoms. The van der Waals surface area contributed by atoms with Gasteiger partial charge in [0.25, 0.3) is 0 Å². The first-order chi connectivity index (χ1) is 8.99. The smallest absolute Gasteiger partial charge is 0.126 e. The van der Waals surface area contributed by atoms with E-state index in [1.807, 2.05) is 6.07 Å². The summed E-state index contributed by atoms with van der Waals surface area (Å²) >= 11 is 0. The Morgan fingerprint density at radius 2 is 1.84 bits per heavy atom. The van der Waals surface area contributed by atoms with Crippen LogP contribution in [0.2, 0.25) is 0 Å². The summed E-state index contributed by atoms with van der Waals surface area (Å²) in [6, 6.07) is 10.4. The molecule has 2 aliphatic rings. The summed E-state index contributed by atoms with van der Waals surface area (Å²) in [7, 11) is 0. The molecular formula is C17H24O2. The van der Waals surface area contributed by atoms with Crippen LogP contribution in [0.1, 0.15) is 45.6 Å².